The van der Waals surface area contributed by atoms with Crippen LogP contribution in [0, 0.1) is 20.8 Å². The third kappa shape index (κ3) is 4.00. The molecule has 1 aromatic rings. The molecule has 2 heterocycles. The van der Waals surface area contributed by atoms with Gasteiger partial charge in [-0.1, -0.05) is 13.8 Å². The molecule has 20 heavy (non-hydrogen) atoms. The third-order valence-electron chi connectivity index (χ3n) is 3.58. The smallest absolute Gasteiger partial charge is 0.236 e. The first kappa shape index (κ1) is 16.6. The number of aromatic nitrogens is 2. The topological polar surface area (TPSA) is 49.3 Å². The molecule has 1 saturated heterocycles. The van der Waals surface area contributed by atoms with Gasteiger partial charge in [-0.3, -0.25) is 9.69 Å². The van der Waals surface area contributed by atoms with Gasteiger partial charge >= 0.3 is 0 Å². The first-order valence-corrected chi connectivity index (χ1v) is 7.24. The fourth-order valence-corrected chi connectivity index (χ4v) is 2.05. The molecule has 1 aromatic heterocycles. The number of hydrogen-bond acceptors (Lipinski definition) is 4. The fraction of sp³-hybridized carbons (Fsp3) is 0.667. The normalized spacial score (nSPS) is 15.9. The van der Waals surface area contributed by atoms with E-state index < -0.39 is 0 Å². The van der Waals surface area contributed by atoms with Crippen LogP contribution in [0.1, 0.15) is 36.6 Å². The Morgan fingerprint density at radius 2 is 1.60 bits per heavy atom. The highest BCUT2D eigenvalue weighted by Crippen LogP contribution is 2.10. The van der Waals surface area contributed by atoms with E-state index in [9.17, 15) is 4.79 Å². The first-order chi connectivity index (χ1) is 9.47. The van der Waals surface area contributed by atoms with Gasteiger partial charge in [0.25, 0.3) is 0 Å². The summed E-state index contributed by atoms with van der Waals surface area (Å²) in [5, 5.41) is 0. The summed E-state index contributed by atoms with van der Waals surface area (Å²) < 4.78 is 0. The summed E-state index contributed by atoms with van der Waals surface area (Å²) in [7, 11) is 1.84. The summed E-state index contributed by atoms with van der Waals surface area (Å²) >= 11 is 0. The summed E-state index contributed by atoms with van der Waals surface area (Å²) in [5.74, 6) is 0.981. The molecular formula is C15H26N4O. The van der Waals surface area contributed by atoms with E-state index in [1.54, 1.807) is 4.90 Å². The Morgan fingerprint density at radius 3 is 2.10 bits per heavy atom. The van der Waals surface area contributed by atoms with Gasteiger partial charge in [0.2, 0.25) is 5.91 Å². The van der Waals surface area contributed by atoms with E-state index in [4.69, 9.17) is 0 Å². The molecule has 112 valence electrons. The largest absolute Gasteiger partial charge is 0.343 e. The highest BCUT2D eigenvalue weighted by Gasteiger charge is 2.21. The van der Waals surface area contributed by atoms with Crippen LogP contribution in [0.25, 0.3) is 0 Å². The van der Waals surface area contributed by atoms with Crippen LogP contribution in [0.15, 0.2) is 0 Å². The van der Waals surface area contributed by atoms with Gasteiger partial charge in [0, 0.05) is 31.5 Å². The number of carbonyl (C=O) groups is 1. The maximum atomic E-state index is 11.6. The Morgan fingerprint density at radius 1 is 1.05 bits per heavy atom. The maximum absolute atomic E-state index is 11.6. The standard InChI is InChI=1S/C13H20N4O.C2H6/c1-9-10(2)14-12(15-11(9)3)7-17-6-5-16(4)13(18)8-17;1-2/h5-8H2,1-4H3;1-2H3. The fourth-order valence-electron chi connectivity index (χ4n) is 2.05. The highest BCUT2D eigenvalue weighted by molar-refractivity contribution is 5.78. The maximum Gasteiger partial charge on any atom is 0.236 e. The zero-order valence-corrected chi connectivity index (χ0v) is 13.5. The van der Waals surface area contributed by atoms with Gasteiger partial charge in [0.1, 0.15) is 5.82 Å². The van der Waals surface area contributed by atoms with Crippen LogP contribution < -0.4 is 0 Å². The Bertz CT molecular complexity index is 450. The molecule has 1 aliphatic rings. The number of hydrogen-bond donors (Lipinski definition) is 0. The molecule has 1 fully saturated rings. The molecule has 5 heteroatoms. The van der Waals surface area contributed by atoms with Crippen LogP contribution in [-0.2, 0) is 11.3 Å². The van der Waals surface area contributed by atoms with Crippen molar-refractivity contribution in [1.82, 2.24) is 19.8 Å². The van der Waals surface area contributed by atoms with E-state index in [-0.39, 0.29) is 5.91 Å². The quantitative estimate of drug-likeness (QED) is 0.826. The van der Waals surface area contributed by atoms with Gasteiger partial charge in [0.15, 0.2) is 0 Å². The molecule has 0 atom stereocenters. The SMILES string of the molecule is CC.Cc1nc(CN2CCN(C)C(=O)C2)nc(C)c1C. The molecule has 0 unspecified atom stereocenters. The minimum atomic E-state index is 0.168. The minimum Gasteiger partial charge on any atom is -0.343 e. The lowest BCUT2D eigenvalue weighted by Gasteiger charge is -2.31. The first-order valence-electron chi connectivity index (χ1n) is 7.24. The number of amides is 1. The number of nitrogens with zero attached hydrogens (tertiary/aromatic N) is 4. The summed E-state index contributed by atoms with van der Waals surface area (Å²) in [4.78, 5) is 24.5. The number of piperazine rings is 1. The second kappa shape index (κ2) is 7.33. The van der Waals surface area contributed by atoms with E-state index in [0.717, 1.165) is 35.9 Å². The predicted octanol–water partition coefficient (Wildman–Crippen LogP) is 1.70. The number of carbonyl (C=O) groups excluding carboxylic acids is 1. The molecule has 1 amide bonds. The Kier molecular flexibility index (Phi) is 6.07. The van der Waals surface area contributed by atoms with Crippen molar-refractivity contribution in [3.05, 3.63) is 22.8 Å². The molecule has 0 aromatic carbocycles. The lowest BCUT2D eigenvalue weighted by atomic mass is 10.2. The van der Waals surface area contributed by atoms with Crippen molar-refractivity contribution in [3.63, 3.8) is 0 Å². The van der Waals surface area contributed by atoms with Gasteiger partial charge in [-0.05, 0) is 26.3 Å². The van der Waals surface area contributed by atoms with E-state index in [1.807, 2.05) is 41.7 Å². The zero-order valence-electron chi connectivity index (χ0n) is 13.5. The van der Waals surface area contributed by atoms with Crippen molar-refractivity contribution < 1.29 is 4.79 Å². The Labute approximate surface area is 122 Å². The molecule has 0 N–H and O–H groups in total. The van der Waals surface area contributed by atoms with Gasteiger partial charge in [0.05, 0.1) is 13.1 Å². The monoisotopic (exact) mass is 278 g/mol. The molecule has 0 radical (unpaired) electrons. The van der Waals surface area contributed by atoms with Crippen molar-refractivity contribution in [3.8, 4) is 0 Å². The minimum absolute atomic E-state index is 0.168. The number of rotatable bonds is 2. The van der Waals surface area contributed by atoms with E-state index >= 15 is 0 Å². The van der Waals surface area contributed by atoms with Crippen LogP contribution in [-0.4, -0.2) is 52.4 Å². The summed E-state index contributed by atoms with van der Waals surface area (Å²) in [6.07, 6.45) is 0. The molecule has 0 spiro atoms. The van der Waals surface area contributed by atoms with E-state index in [1.165, 1.54) is 0 Å². The highest BCUT2D eigenvalue weighted by atomic mass is 16.2. The molecule has 0 bridgehead atoms. The van der Waals surface area contributed by atoms with Gasteiger partial charge in [-0.15, -0.1) is 0 Å². The third-order valence-corrected chi connectivity index (χ3v) is 3.58. The second-order valence-corrected chi connectivity index (χ2v) is 4.96. The van der Waals surface area contributed by atoms with Crippen molar-refractivity contribution in [1.29, 1.82) is 0 Å². The van der Waals surface area contributed by atoms with Crippen molar-refractivity contribution in [2.24, 2.45) is 0 Å². The van der Waals surface area contributed by atoms with E-state index in [2.05, 4.69) is 14.9 Å². The van der Waals surface area contributed by atoms with Crippen LogP contribution in [0.4, 0.5) is 0 Å². The molecule has 0 aliphatic carbocycles. The molecule has 5 nitrogen and oxygen atoms in total. The lowest BCUT2D eigenvalue weighted by Crippen LogP contribution is -2.48. The van der Waals surface area contributed by atoms with Gasteiger partial charge in [-0.25, -0.2) is 9.97 Å². The van der Waals surface area contributed by atoms with Crippen molar-refractivity contribution >= 4 is 5.91 Å². The molecular weight excluding hydrogens is 252 g/mol. The van der Waals surface area contributed by atoms with E-state index in [0.29, 0.717) is 13.1 Å². The van der Waals surface area contributed by atoms with Crippen molar-refractivity contribution in [2.75, 3.05) is 26.7 Å². The zero-order chi connectivity index (χ0) is 15.3. The van der Waals surface area contributed by atoms with Crippen LogP contribution in [0.2, 0.25) is 0 Å². The van der Waals surface area contributed by atoms with Crippen LogP contribution in [0.3, 0.4) is 0 Å². The number of aryl methyl sites for hydroxylation is 2. The average Bonchev–Trinajstić information content (AvgIpc) is 2.42. The number of likely N-dealkylation sites (N-methyl/N-ethyl adjacent to an activating group) is 1. The molecule has 1 aliphatic heterocycles. The molecule has 2 rings (SSSR count). The second-order valence-electron chi connectivity index (χ2n) is 4.96. The molecule has 0 saturated carbocycles. The van der Waals surface area contributed by atoms with Gasteiger partial charge in [-0.2, -0.15) is 0 Å². The van der Waals surface area contributed by atoms with Gasteiger partial charge < -0.3 is 4.90 Å². The van der Waals surface area contributed by atoms with Crippen LogP contribution in [0.5, 0.6) is 0 Å². The summed E-state index contributed by atoms with van der Waals surface area (Å²) in [6.45, 7) is 12.8. The predicted molar refractivity (Wildman–Crippen MR) is 80.5 cm³/mol. The lowest BCUT2D eigenvalue weighted by molar-refractivity contribution is -0.134. The Hall–Kier alpha value is -1.49. The average molecular weight is 278 g/mol. The summed E-state index contributed by atoms with van der Waals surface area (Å²) in [6, 6.07) is 0. The van der Waals surface area contributed by atoms with Crippen LogP contribution >= 0.6 is 0 Å². The summed E-state index contributed by atoms with van der Waals surface area (Å²) in [5.41, 5.74) is 3.20. The van der Waals surface area contributed by atoms with Crippen molar-refractivity contribution in [2.45, 2.75) is 41.2 Å². The Balaban J connectivity index is 0.000000956.